The van der Waals surface area contributed by atoms with Crippen molar-refractivity contribution in [3.8, 4) is 0 Å². The lowest BCUT2D eigenvalue weighted by Crippen LogP contribution is -2.50. The highest BCUT2D eigenvalue weighted by molar-refractivity contribution is 5.97. The normalized spacial score (nSPS) is 12.1. The number of hydrogen-bond acceptors (Lipinski definition) is 3. The Hall–Kier alpha value is -1.88. The predicted octanol–water partition coefficient (Wildman–Crippen LogP) is 0.858. The third kappa shape index (κ3) is 4.66. The Morgan fingerprint density at radius 3 is 2.55 bits per heavy atom. The summed E-state index contributed by atoms with van der Waals surface area (Å²) in [5.41, 5.74) is 1.52. The van der Waals surface area contributed by atoms with Crippen LogP contribution in [0.4, 0.5) is 0 Å². The van der Waals surface area contributed by atoms with Gasteiger partial charge in [0.05, 0.1) is 6.61 Å². The Morgan fingerprint density at radius 1 is 1.30 bits per heavy atom. The number of carbonyl (C=O) groups excluding carboxylic acids is 2. The first kappa shape index (κ1) is 16.2. The Kier molecular flexibility index (Phi) is 6.18. The molecule has 0 saturated heterocycles. The molecule has 0 aliphatic rings. The highest BCUT2D eigenvalue weighted by Gasteiger charge is 2.24. The highest BCUT2D eigenvalue weighted by Crippen LogP contribution is 2.07. The van der Waals surface area contributed by atoms with Crippen molar-refractivity contribution in [3.63, 3.8) is 0 Å². The van der Waals surface area contributed by atoms with Gasteiger partial charge in [0.2, 0.25) is 5.91 Å². The number of aliphatic hydroxyl groups is 1. The zero-order chi connectivity index (χ0) is 15.1. The summed E-state index contributed by atoms with van der Waals surface area (Å²) >= 11 is 0. The van der Waals surface area contributed by atoms with Crippen LogP contribution in [0.1, 0.15) is 29.8 Å². The number of aliphatic hydroxyl groups excluding tert-OH is 1. The highest BCUT2D eigenvalue weighted by atomic mass is 16.3. The minimum Gasteiger partial charge on any atom is -0.395 e. The van der Waals surface area contributed by atoms with E-state index < -0.39 is 6.04 Å². The summed E-state index contributed by atoms with van der Waals surface area (Å²) in [6.45, 7) is 5.69. The van der Waals surface area contributed by atoms with Gasteiger partial charge in [0.25, 0.3) is 5.91 Å². The minimum atomic E-state index is -0.616. The molecule has 5 nitrogen and oxygen atoms in total. The van der Waals surface area contributed by atoms with Gasteiger partial charge in [-0.1, -0.05) is 31.5 Å². The summed E-state index contributed by atoms with van der Waals surface area (Å²) in [6, 6.07) is 6.59. The third-order valence-electron chi connectivity index (χ3n) is 2.93. The molecule has 5 heteroatoms. The van der Waals surface area contributed by atoms with Crippen molar-refractivity contribution >= 4 is 11.8 Å². The van der Waals surface area contributed by atoms with Crippen LogP contribution >= 0.6 is 0 Å². The first-order valence-corrected chi connectivity index (χ1v) is 6.71. The molecular weight excluding hydrogens is 256 g/mol. The van der Waals surface area contributed by atoms with Crippen LogP contribution in [0.3, 0.4) is 0 Å². The molecule has 1 aromatic rings. The number of rotatable bonds is 6. The molecule has 3 N–H and O–H groups in total. The van der Waals surface area contributed by atoms with E-state index in [2.05, 4.69) is 10.6 Å². The van der Waals surface area contributed by atoms with Gasteiger partial charge in [-0.15, -0.1) is 0 Å². The van der Waals surface area contributed by atoms with Crippen molar-refractivity contribution in [2.45, 2.75) is 26.8 Å². The first-order valence-electron chi connectivity index (χ1n) is 6.71. The molecule has 0 bridgehead atoms. The quantitative estimate of drug-likeness (QED) is 0.722. The van der Waals surface area contributed by atoms with E-state index in [0.717, 1.165) is 5.56 Å². The number of carbonyl (C=O) groups is 2. The summed E-state index contributed by atoms with van der Waals surface area (Å²) in [5.74, 6) is -0.593. The van der Waals surface area contributed by atoms with E-state index in [9.17, 15) is 9.59 Å². The lowest BCUT2D eigenvalue weighted by atomic mass is 10.0. The third-order valence-corrected chi connectivity index (χ3v) is 2.93. The van der Waals surface area contributed by atoms with Crippen molar-refractivity contribution in [3.05, 3.63) is 35.4 Å². The summed E-state index contributed by atoms with van der Waals surface area (Å²) in [4.78, 5) is 24.1. The molecule has 1 unspecified atom stereocenters. The van der Waals surface area contributed by atoms with Gasteiger partial charge in [-0.2, -0.15) is 0 Å². The van der Waals surface area contributed by atoms with Crippen LogP contribution in [-0.2, 0) is 4.79 Å². The van der Waals surface area contributed by atoms with Gasteiger partial charge < -0.3 is 15.7 Å². The van der Waals surface area contributed by atoms with Crippen molar-refractivity contribution in [2.24, 2.45) is 5.92 Å². The molecule has 0 spiro atoms. The molecule has 0 fully saturated rings. The molecule has 1 atom stereocenters. The van der Waals surface area contributed by atoms with E-state index in [-0.39, 0.29) is 30.9 Å². The molecule has 110 valence electrons. The number of hydrogen-bond donors (Lipinski definition) is 3. The van der Waals surface area contributed by atoms with Gasteiger partial charge in [0, 0.05) is 12.1 Å². The standard InChI is InChI=1S/C15H22N2O3/c1-10(2)13(15(20)16-7-8-18)17-14(19)12-6-4-5-11(3)9-12/h4-6,9-10,13,18H,7-8H2,1-3H3,(H,16,20)(H,17,19). The molecular formula is C15H22N2O3. The van der Waals surface area contributed by atoms with Crippen LogP contribution < -0.4 is 10.6 Å². The molecule has 0 radical (unpaired) electrons. The van der Waals surface area contributed by atoms with Crippen LogP contribution in [0.5, 0.6) is 0 Å². The number of aryl methyl sites for hydroxylation is 1. The average Bonchev–Trinajstić information content (AvgIpc) is 2.41. The minimum absolute atomic E-state index is 0.0394. The SMILES string of the molecule is Cc1cccc(C(=O)NC(C(=O)NCCO)C(C)C)c1. The molecule has 0 aromatic heterocycles. The number of amides is 2. The monoisotopic (exact) mass is 278 g/mol. The van der Waals surface area contributed by atoms with Crippen LogP contribution in [0.25, 0.3) is 0 Å². The number of nitrogens with one attached hydrogen (secondary N) is 2. The van der Waals surface area contributed by atoms with Crippen molar-refractivity contribution in [2.75, 3.05) is 13.2 Å². The van der Waals surface area contributed by atoms with Crippen molar-refractivity contribution in [1.29, 1.82) is 0 Å². The van der Waals surface area contributed by atoms with E-state index >= 15 is 0 Å². The Morgan fingerprint density at radius 2 is 2.00 bits per heavy atom. The molecule has 20 heavy (non-hydrogen) atoms. The molecule has 0 aliphatic heterocycles. The smallest absolute Gasteiger partial charge is 0.251 e. The summed E-state index contributed by atoms with van der Waals surface area (Å²) in [5, 5.41) is 14.0. The lowest BCUT2D eigenvalue weighted by molar-refractivity contribution is -0.124. The summed E-state index contributed by atoms with van der Waals surface area (Å²) < 4.78 is 0. The van der Waals surface area contributed by atoms with Crippen molar-refractivity contribution < 1.29 is 14.7 Å². The summed E-state index contributed by atoms with van der Waals surface area (Å²) in [6.07, 6.45) is 0. The van der Waals surface area contributed by atoms with E-state index in [0.29, 0.717) is 5.56 Å². The van der Waals surface area contributed by atoms with E-state index in [1.165, 1.54) is 0 Å². The zero-order valence-electron chi connectivity index (χ0n) is 12.1. The van der Waals surface area contributed by atoms with Crippen LogP contribution in [0.15, 0.2) is 24.3 Å². The van der Waals surface area contributed by atoms with Gasteiger partial charge in [0.15, 0.2) is 0 Å². The lowest BCUT2D eigenvalue weighted by Gasteiger charge is -2.21. The van der Waals surface area contributed by atoms with Gasteiger partial charge >= 0.3 is 0 Å². The Balaban J connectivity index is 2.75. The fourth-order valence-electron chi connectivity index (χ4n) is 1.83. The van der Waals surface area contributed by atoms with Gasteiger partial charge in [-0.05, 0) is 25.0 Å². The maximum absolute atomic E-state index is 12.1. The van der Waals surface area contributed by atoms with E-state index in [1.54, 1.807) is 18.2 Å². The van der Waals surface area contributed by atoms with E-state index in [1.807, 2.05) is 26.8 Å². The molecule has 1 aromatic carbocycles. The molecule has 0 saturated carbocycles. The van der Waals surface area contributed by atoms with Crippen molar-refractivity contribution in [1.82, 2.24) is 10.6 Å². The largest absolute Gasteiger partial charge is 0.395 e. The van der Waals surface area contributed by atoms with Gasteiger partial charge in [0.1, 0.15) is 6.04 Å². The fraction of sp³-hybridized carbons (Fsp3) is 0.467. The fourth-order valence-corrected chi connectivity index (χ4v) is 1.83. The number of benzene rings is 1. The average molecular weight is 278 g/mol. The van der Waals surface area contributed by atoms with Crippen LogP contribution in [-0.4, -0.2) is 36.1 Å². The second kappa shape index (κ2) is 7.65. The molecule has 0 heterocycles. The second-order valence-electron chi connectivity index (χ2n) is 5.08. The van der Waals surface area contributed by atoms with Gasteiger partial charge in [-0.25, -0.2) is 0 Å². The van der Waals surface area contributed by atoms with Gasteiger partial charge in [-0.3, -0.25) is 9.59 Å². The molecule has 2 amide bonds. The topological polar surface area (TPSA) is 78.4 Å². The Labute approximate surface area is 119 Å². The van der Waals surface area contributed by atoms with E-state index in [4.69, 9.17) is 5.11 Å². The zero-order valence-corrected chi connectivity index (χ0v) is 12.1. The second-order valence-corrected chi connectivity index (χ2v) is 5.08. The molecule has 0 aliphatic carbocycles. The maximum atomic E-state index is 12.1. The predicted molar refractivity (Wildman–Crippen MR) is 77.4 cm³/mol. The summed E-state index contributed by atoms with van der Waals surface area (Å²) in [7, 11) is 0. The Bertz CT molecular complexity index is 472. The maximum Gasteiger partial charge on any atom is 0.251 e. The molecule has 1 rings (SSSR count). The van der Waals surface area contributed by atoms with Crippen LogP contribution in [0.2, 0.25) is 0 Å². The van der Waals surface area contributed by atoms with Crippen LogP contribution in [0, 0.1) is 12.8 Å². The first-order chi connectivity index (χ1) is 9.45.